The third-order valence-electron chi connectivity index (χ3n) is 0. The van der Waals surface area contributed by atoms with Gasteiger partial charge in [0.25, 0.3) is 0 Å². The van der Waals surface area contributed by atoms with Crippen LogP contribution >= 0.6 is 0 Å². The molecule has 0 fully saturated rings. The molecule has 5 heavy (non-hydrogen) atoms. The number of hydrogen-bond donors (Lipinski definition) is 0. The molecule has 3 radical (unpaired) electrons. The fraction of sp³-hybridized carbons (Fsp3) is 0. The van der Waals surface area contributed by atoms with Crippen LogP contribution in [0.5, 0.6) is 0 Å². The number of hydrogen-bond acceptors (Lipinski definition) is 0. The maximum Gasteiger partial charge on any atom is 0 e. The Morgan fingerprint density at radius 1 is 0.400 bits per heavy atom. The second-order valence-corrected chi connectivity index (χ2v) is 0. The zero-order chi connectivity index (χ0) is 0. The Kier molecular flexibility index (Phi) is 185. The van der Waals surface area contributed by atoms with Crippen LogP contribution in [0.3, 0.4) is 0 Å². The van der Waals surface area contributed by atoms with Crippen LogP contribution in [0, 0.1) is 0 Å². The van der Waals surface area contributed by atoms with Gasteiger partial charge in [0.15, 0.2) is 0 Å². The average molecular weight is 717 g/mol. The molecule has 0 aliphatic heterocycles. The van der Waals surface area contributed by atoms with Crippen LogP contribution in [0.15, 0.2) is 0 Å². The van der Waals surface area contributed by atoms with Gasteiger partial charge >= 0.3 is 0 Å². The first-order valence-electron chi connectivity index (χ1n) is 0. The molecule has 0 aromatic rings. The smallest absolute Gasteiger partial charge is 0 e. The summed E-state index contributed by atoms with van der Waals surface area (Å²) in [5.74, 6) is 0. The summed E-state index contributed by atoms with van der Waals surface area (Å²) in [6.45, 7) is 0. The Labute approximate surface area is 119 Å². The molecule has 0 unspecified atom stereocenters. The van der Waals surface area contributed by atoms with E-state index in [1.807, 2.05) is 0 Å². The van der Waals surface area contributed by atoms with Crippen LogP contribution in [0.4, 0.5) is 0 Å². The van der Waals surface area contributed by atoms with Crippen molar-refractivity contribution in [3.8, 4) is 0 Å². The number of rotatable bonds is 0. The molecular weight excluding hydrogens is 717 g/mol. The molecule has 0 heterocycles. The van der Waals surface area contributed by atoms with Crippen molar-refractivity contribution in [2.45, 2.75) is 0 Å². The zero-order valence-corrected chi connectivity index (χ0v) is 14.1. The van der Waals surface area contributed by atoms with E-state index in [0.717, 1.165) is 0 Å². The molecule has 0 atom stereocenters. The summed E-state index contributed by atoms with van der Waals surface area (Å²) >= 11 is 0. The molecule has 37 valence electrons. The quantitative estimate of drug-likeness (QED) is 0.173. The summed E-state index contributed by atoms with van der Waals surface area (Å²) in [4.78, 5) is 0. The molecule has 0 spiro atoms. The predicted molar refractivity (Wildman–Crippen MR) is 5.75 cm³/mol. The van der Waals surface area contributed by atoms with E-state index in [2.05, 4.69) is 0 Å². The summed E-state index contributed by atoms with van der Waals surface area (Å²) in [6.07, 6.45) is 0. The van der Waals surface area contributed by atoms with E-state index in [1.54, 1.807) is 0 Å². The second-order valence-electron chi connectivity index (χ2n) is 0. The molecule has 0 aliphatic carbocycles. The van der Waals surface area contributed by atoms with Gasteiger partial charge in [-0.15, -0.1) is 0 Å². The molecular formula is BiI4-4. The van der Waals surface area contributed by atoms with Crippen molar-refractivity contribution in [1.29, 1.82) is 0 Å². The minimum atomic E-state index is 0. The Morgan fingerprint density at radius 3 is 0.400 bits per heavy atom. The molecule has 0 saturated heterocycles. The van der Waals surface area contributed by atoms with Crippen LogP contribution in [0.2, 0.25) is 0 Å². The van der Waals surface area contributed by atoms with Crippen LogP contribution < -0.4 is 95.9 Å². The maximum atomic E-state index is 0. The normalized spacial score (nSPS) is 0. The minimum absolute atomic E-state index is 0. The Morgan fingerprint density at radius 2 is 0.400 bits per heavy atom. The van der Waals surface area contributed by atoms with Gasteiger partial charge in [0.05, 0.1) is 0 Å². The maximum absolute atomic E-state index is 0. The molecule has 0 aromatic heterocycles. The second kappa shape index (κ2) is 25.0. The van der Waals surface area contributed by atoms with Gasteiger partial charge in [-0.2, -0.15) is 0 Å². The van der Waals surface area contributed by atoms with E-state index in [1.165, 1.54) is 0 Å². The SMILES string of the molecule is [Bi].[I-].[I-].[I-].[I-]. The molecule has 0 N–H and O–H groups in total. The average Bonchev–Trinajstić information content (AvgIpc) is 0. The standard InChI is InChI=1S/Bi.4HI/h;4*1H/p-4. The Bertz CT molecular complexity index is 3.61. The molecule has 0 nitrogen and oxygen atoms in total. The van der Waals surface area contributed by atoms with Crippen LogP contribution in [0.1, 0.15) is 0 Å². The molecule has 5 heteroatoms. The summed E-state index contributed by atoms with van der Waals surface area (Å²) in [6, 6.07) is 0. The molecule has 0 rings (SSSR count). The summed E-state index contributed by atoms with van der Waals surface area (Å²) < 4.78 is 0. The van der Waals surface area contributed by atoms with Crippen LogP contribution in [-0.4, -0.2) is 26.2 Å². The molecule has 0 amide bonds. The fourth-order valence-corrected chi connectivity index (χ4v) is 0. The van der Waals surface area contributed by atoms with E-state index in [9.17, 15) is 0 Å². The van der Waals surface area contributed by atoms with Gasteiger partial charge in [-0.1, -0.05) is 0 Å². The third-order valence-corrected chi connectivity index (χ3v) is 0. The summed E-state index contributed by atoms with van der Waals surface area (Å²) in [5, 5.41) is 0. The van der Waals surface area contributed by atoms with Gasteiger partial charge in [-0.25, -0.2) is 0 Å². The van der Waals surface area contributed by atoms with E-state index in [0.29, 0.717) is 0 Å². The Hall–Kier alpha value is 3.80. The zero-order valence-electron chi connectivity index (χ0n) is 1.96. The van der Waals surface area contributed by atoms with Crippen molar-refractivity contribution in [2.75, 3.05) is 0 Å². The number of halogens is 4. The summed E-state index contributed by atoms with van der Waals surface area (Å²) in [7, 11) is 0. The monoisotopic (exact) mass is 717 g/mol. The summed E-state index contributed by atoms with van der Waals surface area (Å²) in [5.41, 5.74) is 0. The van der Waals surface area contributed by atoms with E-state index < -0.39 is 0 Å². The van der Waals surface area contributed by atoms with Crippen LogP contribution in [-0.2, 0) is 0 Å². The largest absolute Gasteiger partial charge is 1.00 e. The topological polar surface area (TPSA) is 0 Å². The van der Waals surface area contributed by atoms with E-state index in [-0.39, 0.29) is 122 Å². The minimum Gasteiger partial charge on any atom is -1.00 e. The van der Waals surface area contributed by atoms with Gasteiger partial charge in [0.2, 0.25) is 0 Å². The first kappa shape index (κ1) is 37.1. The van der Waals surface area contributed by atoms with Crippen molar-refractivity contribution in [3.05, 3.63) is 0 Å². The predicted octanol–water partition coefficient (Wildman–Crippen LogP) is -12.4. The van der Waals surface area contributed by atoms with Crippen molar-refractivity contribution < 1.29 is 95.9 Å². The van der Waals surface area contributed by atoms with Crippen molar-refractivity contribution in [3.63, 3.8) is 0 Å². The third kappa shape index (κ3) is 18.2. The van der Waals surface area contributed by atoms with Gasteiger partial charge in [0, 0.05) is 26.2 Å². The van der Waals surface area contributed by atoms with Crippen molar-refractivity contribution >= 4 is 26.2 Å². The molecule has 0 aromatic carbocycles. The van der Waals surface area contributed by atoms with Gasteiger partial charge in [-0.05, 0) is 0 Å². The van der Waals surface area contributed by atoms with Gasteiger partial charge in [0.1, 0.15) is 0 Å². The van der Waals surface area contributed by atoms with E-state index in [4.69, 9.17) is 0 Å². The first-order valence-corrected chi connectivity index (χ1v) is 0. The molecule has 0 aliphatic rings. The Balaban J connectivity index is 0. The van der Waals surface area contributed by atoms with E-state index >= 15 is 0 Å². The fourth-order valence-electron chi connectivity index (χ4n) is 0. The van der Waals surface area contributed by atoms with Gasteiger partial charge in [-0.3, -0.25) is 0 Å². The van der Waals surface area contributed by atoms with Crippen LogP contribution in [0.25, 0.3) is 0 Å². The van der Waals surface area contributed by atoms with Crippen molar-refractivity contribution in [1.82, 2.24) is 0 Å². The molecule has 0 bridgehead atoms. The van der Waals surface area contributed by atoms with Crippen molar-refractivity contribution in [2.24, 2.45) is 0 Å². The van der Waals surface area contributed by atoms with Gasteiger partial charge < -0.3 is 95.9 Å². The first-order chi connectivity index (χ1) is 0. The molecule has 0 saturated carbocycles.